The molecule has 0 saturated carbocycles. The summed E-state index contributed by atoms with van der Waals surface area (Å²) < 4.78 is 115. The van der Waals surface area contributed by atoms with Crippen molar-refractivity contribution in [3.05, 3.63) is 23.5 Å². The standard InChI is InChI=1S/C16H15F9N2OS/c1-9-6-10(17)11(7-12(9)29-8-14(18,19)20)26-2-4-27(5-3-26)13(28)15(21,22)16(23,24)25/h6-7H,2-5,8H2,1H3. The highest BCUT2D eigenvalue weighted by molar-refractivity contribution is 7.99. The number of hydrogen-bond acceptors (Lipinski definition) is 3. The number of carbonyl (C=O) groups excluding carboxylic acids is 1. The SMILES string of the molecule is Cc1cc(F)c(N2CCN(C(=O)C(F)(F)C(F)(F)F)CC2)cc1SCC(F)(F)F. The van der Waals surface area contributed by atoms with Crippen molar-refractivity contribution in [3.63, 3.8) is 0 Å². The van der Waals surface area contributed by atoms with E-state index in [1.54, 1.807) is 0 Å². The Kier molecular flexibility index (Phi) is 6.60. The molecule has 164 valence electrons. The van der Waals surface area contributed by atoms with Gasteiger partial charge in [-0.15, -0.1) is 11.8 Å². The summed E-state index contributed by atoms with van der Waals surface area (Å²) in [6.45, 7) is -0.154. The fraction of sp³-hybridized carbons (Fsp3) is 0.562. The van der Waals surface area contributed by atoms with Gasteiger partial charge in [-0.25, -0.2) is 4.39 Å². The van der Waals surface area contributed by atoms with Crippen LogP contribution in [-0.4, -0.2) is 61.0 Å². The third-order valence-corrected chi connectivity index (χ3v) is 5.39. The molecule has 0 radical (unpaired) electrons. The maximum atomic E-state index is 14.3. The van der Waals surface area contributed by atoms with Gasteiger partial charge in [0, 0.05) is 31.1 Å². The molecule has 1 saturated heterocycles. The number of carbonyl (C=O) groups is 1. The fourth-order valence-corrected chi connectivity index (χ4v) is 3.47. The van der Waals surface area contributed by atoms with E-state index >= 15 is 0 Å². The molecule has 0 spiro atoms. The summed E-state index contributed by atoms with van der Waals surface area (Å²) >= 11 is 0.445. The lowest BCUT2D eigenvalue weighted by molar-refractivity contribution is -0.274. The van der Waals surface area contributed by atoms with E-state index < -0.39 is 48.8 Å². The second-order valence-corrected chi connectivity index (χ2v) is 7.34. The van der Waals surface area contributed by atoms with Crippen LogP contribution >= 0.6 is 11.8 Å². The highest BCUT2D eigenvalue weighted by atomic mass is 32.2. The molecule has 0 unspecified atom stereocenters. The van der Waals surface area contributed by atoms with Crippen molar-refractivity contribution in [3.8, 4) is 0 Å². The molecular weight excluding hydrogens is 439 g/mol. The summed E-state index contributed by atoms with van der Waals surface area (Å²) in [4.78, 5) is 13.3. The minimum atomic E-state index is -6.03. The molecule has 1 aromatic carbocycles. The summed E-state index contributed by atoms with van der Waals surface area (Å²) in [5, 5.41) is 0. The molecule has 1 aliphatic rings. The van der Waals surface area contributed by atoms with Crippen molar-refractivity contribution in [2.45, 2.75) is 30.1 Å². The van der Waals surface area contributed by atoms with Crippen LogP contribution in [0, 0.1) is 12.7 Å². The van der Waals surface area contributed by atoms with Crippen LogP contribution in [0.5, 0.6) is 0 Å². The molecule has 2 rings (SSSR count). The lowest BCUT2D eigenvalue weighted by Crippen LogP contribution is -2.57. The molecule has 1 aliphatic heterocycles. The average molecular weight is 454 g/mol. The number of thioether (sulfide) groups is 1. The van der Waals surface area contributed by atoms with Gasteiger partial charge in [0.1, 0.15) is 5.82 Å². The highest BCUT2D eigenvalue weighted by Gasteiger charge is 2.64. The molecule has 0 aliphatic carbocycles. The minimum absolute atomic E-state index is 0.116. The van der Waals surface area contributed by atoms with Crippen molar-refractivity contribution >= 4 is 23.4 Å². The average Bonchev–Trinajstić information content (AvgIpc) is 2.59. The summed E-state index contributed by atoms with van der Waals surface area (Å²) in [6.07, 6.45) is -10.5. The Morgan fingerprint density at radius 1 is 1.00 bits per heavy atom. The molecular formula is C16H15F9N2OS. The van der Waals surface area contributed by atoms with Gasteiger partial charge in [-0.1, -0.05) is 0 Å². The molecule has 0 N–H and O–H groups in total. The Hall–Kier alpha value is -1.79. The van der Waals surface area contributed by atoms with E-state index in [9.17, 15) is 44.3 Å². The number of alkyl halides is 8. The summed E-state index contributed by atoms with van der Waals surface area (Å²) in [5.74, 6) is -9.91. The zero-order valence-corrected chi connectivity index (χ0v) is 15.6. The van der Waals surface area contributed by atoms with Crippen molar-refractivity contribution in [2.24, 2.45) is 0 Å². The van der Waals surface area contributed by atoms with E-state index in [0.29, 0.717) is 16.7 Å². The van der Waals surface area contributed by atoms with Crippen LogP contribution in [0.25, 0.3) is 0 Å². The normalized spacial score (nSPS) is 16.3. The van der Waals surface area contributed by atoms with E-state index in [1.165, 1.54) is 17.9 Å². The van der Waals surface area contributed by atoms with Crippen LogP contribution in [-0.2, 0) is 4.79 Å². The topological polar surface area (TPSA) is 23.6 Å². The smallest absolute Gasteiger partial charge is 0.366 e. The van der Waals surface area contributed by atoms with Gasteiger partial charge >= 0.3 is 24.2 Å². The number of piperazine rings is 1. The highest BCUT2D eigenvalue weighted by Crippen LogP contribution is 2.38. The van der Waals surface area contributed by atoms with E-state index in [-0.39, 0.29) is 29.2 Å². The van der Waals surface area contributed by atoms with Gasteiger partial charge in [-0.05, 0) is 24.6 Å². The molecule has 13 heteroatoms. The van der Waals surface area contributed by atoms with Crippen LogP contribution in [0.15, 0.2) is 17.0 Å². The Bertz CT molecular complexity index is 756. The molecule has 0 bridgehead atoms. The van der Waals surface area contributed by atoms with Gasteiger partial charge in [-0.3, -0.25) is 4.79 Å². The lowest BCUT2D eigenvalue weighted by Gasteiger charge is -2.37. The Balaban J connectivity index is 2.12. The van der Waals surface area contributed by atoms with E-state index in [0.717, 1.165) is 6.07 Å². The van der Waals surface area contributed by atoms with Gasteiger partial charge in [0.2, 0.25) is 0 Å². The van der Waals surface area contributed by atoms with Crippen molar-refractivity contribution in [1.82, 2.24) is 4.90 Å². The lowest BCUT2D eigenvalue weighted by atomic mass is 10.1. The molecule has 1 aromatic rings. The van der Waals surface area contributed by atoms with Crippen LogP contribution in [0.2, 0.25) is 0 Å². The summed E-state index contributed by atoms with van der Waals surface area (Å²) in [7, 11) is 0. The molecule has 1 fully saturated rings. The zero-order valence-electron chi connectivity index (χ0n) is 14.8. The van der Waals surface area contributed by atoms with Crippen molar-refractivity contribution in [2.75, 3.05) is 36.8 Å². The van der Waals surface area contributed by atoms with E-state index in [2.05, 4.69) is 0 Å². The molecule has 1 amide bonds. The number of aryl methyl sites for hydroxylation is 1. The molecule has 1 heterocycles. The first-order chi connectivity index (χ1) is 13.1. The van der Waals surface area contributed by atoms with Crippen LogP contribution < -0.4 is 4.90 Å². The van der Waals surface area contributed by atoms with Gasteiger partial charge in [0.05, 0.1) is 11.4 Å². The van der Waals surface area contributed by atoms with Gasteiger partial charge in [0.15, 0.2) is 0 Å². The van der Waals surface area contributed by atoms with Gasteiger partial charge in [-0.2, -0.15) is 35.1 Å². The van der Waals surface area contributed by atoms with Crippen LogP contribution in [0.3, 0.4) is 0 Å². The van der Waals surface area contributed by atoms with Crippen molar-refractivity contribution < 1.29 is 44.3 Å². The third-order valence-electron chi connectivity index (χ3n) is 4.17. The number of rotatable bonds is 4. The van der Waals surface area contributed by atoms with E-state index in [1.807, 2.05) is 0 Å². The number of anilines is 1. The number of nitrogens with zero attached hydrogens (tertiary/aromatic N) is 2. The molecule has 0 aromatic heterocycles. The maximum absolute atomic E-state index is 14.3. The van der Waals surface area contributed by atoms with Crippen molar-refractivity contribution in [1.29, 1.82) is 0 Å². The minimum Gasteiger partial charge on any atom is -0.366 e. The number of halogens is 9. The zero-order chi connectivity index (χ0) is 22.2. The van der Waals surface area contributed by atoms with E-state index in [4.69, 9.17) is 0 Å². The second-order valence-electron chi connectivity index (χ2n) is 6.32. The van der Waals surface area contributed by atoms with Gasteiger partial charge in [0.25, 0.3) is 0 Å². The molecule has 29 heavy (non-hydrogen) atoms. The largest absolute Gasteiger partial charge is 0.463 e. The first-order valence-corrected chi connectivity index (χ1v) is 9.10. The molecule has 0 atom stereocenters. The number of amides is 1. The first kappa shape index (κ1) is 23.5. The van der Waals surface area contributed by atoms with Gasteiger partial charge < -0.3 is 9.80 Å². The Morgan fingerprint density at radius 3 is 2.03 bits per heavy atom. The Labute approximate surface area is 163 Å². The molecule has 3 nitrogen and oxygen atoms in total. The maximum Gasteiger partial charge on any atom is 0.463 e. The first-order valence-electron chi connectivity index (χ1n) is 8.12. The monoisotopic (exact) mass is 454 g/mol. The predicted octanol–water partition coefficient (Wildman–Crippen LogP) is 4.63. The van der Waals surface area contributed by atoms with Crippen LogP contribution in [0.4, 0.5) is 45.2 Å². The van der Waals surface area contributed by atoms with Crippen LogP contribution in [0.1, 0.15) is 5.56 Å². The quantitative estimate of drug-likeness (QED) is 0.490. The summed E-state index contributed by atoms with van der Waals surface area (Å²) in [6, 6.07) is 2.19. The number of benzene rings is 1. The summed E-state index contributed by atoms with van der Waals surface area (Å²) in [5.41, 5.74) is 0.147. The fourth-order valence-electron chi connectivity index (χ4n) is 2.67. The predicted molar refractivity (Wildman–Crippen MR) is 87.7 cm³/mol. The second kappa shape index (κ2) is 8.15. The Morgan fingerprint density at radius 2 is 1.55 bits per heavy atom. The third kappa shape index (κ3) is 5.43. The number of hydrogen-bond donors (Lipinski definition) is 0.